The second-order valence-corrected chi connectivity index (χ2v) is 6.63. The Labute approximate surface area is 137 Å². The number of likely N-dealkylation sites (tertiary alicyclic amines) is 1. The lowest BCUT2D eigenvalue weighted by Gasteiger charge is -2.34. The predicted octanol–water partition coefficient (Wildman–Crippen LogP) is 0.811. The zero-order valence-corrected chi connectivity index (χ0v) is 13.5. The van der Waals surface area contributed by atoms with Crippen LogP contribution in [0.5, 0.6) is 0 Å². The molecular weight excluding hydrogens is 290 g/mol. The Balaban J connectivity index is 1.61. The molecule has 1 atom stereocenters. The van der Waals surface area contributed by atoms with Gasteiger partial charge in [-0.15, -0.1) is 0 Å². The molecule has 0 spiro atoms. The molecule has 0 radical (unpaired) electrons. The summed E-state index contributed by atoms with van der Waals surface area (Å²) in [6, 6.07) is 8.47. The van der Waals surface area contributed by atoms with Gasteiger partial charge >= 0.3 is 0 Å². The fraction of sp³-hybridized carbons (Fsp3) is 0.556. The highest BCUT2D eigenvalue weighted by atomic mass is 16.2. The lowest BCUT2D eigenvalue weighted by Crippen LogP contribution is -2.47. The van der Waals surface area contributed by atoms with Crippen molar-refractivity contribution in [3.8, 4) is 0 Å². The summed E-state index contributed by atoms with van der Waals surface area (Å²) in [5.74, 6) is -0.0698. The van der Waals surface area contributed by atoms with Gasteiger partial charge in [-0.3, -0.25) is 14.5 Å². The van der Waals surface area contributed by atoms with Crippen LogP contribution in [0.25, 0.3) is 0 Å². The average Bonchev–Trinajstić information content (AvgIpc) is 2.76. The number of benzene rings is 1. The van der Waals surface area contributed by atoms with E-state index in [1.165, 1.54) is 11.1 Å². The Kier molecular flexibility index (Phi) is 4.96. The van der Waals surface area contributed by atoms with Crippen LogP contribution in [0.1, 0.15) is 24.0 Å². The second-order valence-electron chi connectivity index (χ2n) is 6.63. The summed E-state index contributed by atoms with van der Waals surface area (Å²) in [7, 11) is 0. The first-order valence-electron chi connectivity index (χ1n) is 8.49. The van der Waals surface area contributed by atoms with Gasteiger partial charge in [0.2, 0.25) is 11.8 Å². The standard InChI is InChI=1S/C18H25N3O2/c19-17(22)13-20-9-3-6-16(12-20)18(23)21-10-7-14-4-1-2-5-15(14)8-11-21/h1-2,4-5,16H,3,6-13H2,(H2,19,22). The van der Waals surface area contributed by atoms with Crippen LogP contribution >= 0.6 is 0 Å². The summed E-state index contributed by atoms with van der Waals surface area (Å²) >= 11 is 0. The number of carbonyl (C=O) groups excluding carboxylic acids is 2. The highest BCUT2D eigenvalue weighted by molar-refractivity contribution is 5.80. The van der Waals surface area contributed by atoms with E-state index in [0.717, 1.165) is 45.3 Å². The SMILES string of the molecule is NC(=O)CN1CCCC(C(=O)N2CCc3ccccc3CC2)C1. The van der Waals surface area contributed by atoms with E-state index < -0.39 is 0 Å². The van der Waals surface area contributed by atoms with E-state index >= 15 is 0 Å². The number of primary amides is 1. The largest absolute Gasteiger partial charge is 0.369 e. The van der Waals surface area contributed by atoms with Crippen LogP contribution in [0.15, 0.2) is 24.3 Å². The molecule has 2 aliphatic rings. The molecule has 1 unspecified atom stereocenters. The van der Waals surface area contributed by atoms with Crippen molar-refractivity contribution in [2.75, 3.05) is 32.7 Å². The van der Waals surface area contributed by atoms with Crippen LogP contribution in [0.2, 0.25) is 0 Å². The third-order valence-electron chi connectivity index (χ3n) is 4.97. The molecule has 2 N–H and O–H groups in total. The molecule has 5 nitrogen and oxygen atoms in total. The van der Waals surface area contributed by atoms with Gasteiger partial charge in [0.1, 0.15) is 0 Å². The van der Waals surface area contributed by atoms with Crippen LogP contribution in [-0.2, 0) is 22.4 Å². The van der Waals surface area contributed by atoms with Gasteiger partial charge in [-0.25, -0.2) is 0 Å². The summed E-state index contributed by atoms with van der Waals surface area (Å²) in [6.07, 6.45) is 3.73. The van der Waals surface area contributed by atoms with Crippen LogP contribution in [0.3, 0.4) is 0 Å². The highest BCUT2D eigenvalue weighted by Gasteiger charge is 2.30. The van der Waals surface area contributed by atoms with Crippen molar-refractivity contribution < 1.29 is 9.59 Å². The Hall–Kier alpha value is -1.88. The van der Waals surface area contributed by atoms with Crippen LogP contribution < -0.4 is 5.73 Å². The Morgan fingerprint density at radius 1 is 1.09 bits per heavy atom. The fourth-order valence-corrected chi connectivity index (χ4v) is 3.77. The van der Waals surface area contributed by atoms with Gasteiger partial charge in [0.25, 0.3) is 0 Å². The molecule has 23 heavy (non-hydrogen) atoms. The van der Waals surface area contributed by atoms with Gasteiger partial charge in [0, 0.05) is 19.6 Å². The molecule has 124 valence electrons. The van der Waals surface area contributed by atoms with E-state index in [1.807, 2.05) is 9.80 Å². The number of carbonyl (C=O) groups is 2. The zero-order valence-electron chi connectivity index (χ0n) is 13.5. The quantitative estimate of drug-likeness (QED) is 0.898. The Bertz CT molecular complexity index is 560. The normalized spacial score (nSPS) is 22.3. The van der Waals surface area contributed by atoms with E-state index in [0.29, 0.717) is 6.54 Å². The molecule has 2 heterocycles. The number of fused-ring (bicyclic) bond motifs is 1. The Morgan fingerprint density at radius 2 is 1.74 bits per heavy atom. The molecule has 1 fully saturated rings. The van der Waals surface area contributed by atoms with E-state index in [4.69, 9.17) is 5.73 Å². The van der Waals surface area contributed by atoms with Crippen molar-refractivity contribution >= 4 is 11.8 Å². The topological polar surface area (TPSA) is 66.6 Å². The molecule has 0 saturated carbocycles. The first kappa shape index (κ1) is 16.0. The van der Waals surface area contributed by atoms with Gasteiger partial charge < -0.3 is 10.6 Å². The number of nitrogens with zero attached hydrogens (tertiary/aromatic N) is 2. The zero-order chi connectivity index (χ0) is 16.2. The molecule has 1 aromatic rings. The predicted molar refractivity (Wildman–Crippen MR) is 88.8 cm³/mol. The second kappa shape index (κ2) is 7.13. The van der Waals surface area contributed by atoms with Crippen LogP contribution in [0, 0.1) is 5.92 Å². The summed E-state index contributed by atoms with van der Waals surface area (Å²) < 4.78 is 0. The van der Waals surface area contributed by atoms with Crippen molar-refractivity contribution in [2.45, 2.75) is 25.7 Å². The summed E-state index contributed by atoms with van der Waals surface area (Å²) in [6.45, 7) is 3.36. The smallest absolute Gasteiger partial charge is 0.231 e. The summed E-state index contributed by atoms with van der Waals surface area (Å²) in [5, 5.41) is 0. The van der Waals surface area contributed by atoms with Crippen LogP contribution in [-0.4, -0.2) is 54.3 Å². The highest BCUT2D eigenvalue weighted by Crippen LogP contribution is 2.21. The molecule has 1 saturated heterocycles. The number of hydrogen-bond donors (Lipinski definition) is 1. The van der Waals surface area contributed by atoms with Gasteiger partial charge in [0.05, 0.1) is 12.5 Å². The number of hydrogen-bond acceptors (Lipinski definition) is 3. The fourth-order valence-electron chi connectivity index (χ4n) is 3.77. The third kappa shape index (κ3) is 3.91. The van der Waals surface area contributed by atoms with E-state index in [1.54, 1.807) is 0 Å². The number of amides is 2. The average molecular weight is 315 g/mol. The molecule has 0 bridgehead atoms. The van der Waals surface area contributed by atoms with Gasteiger partial charge in [-0.05, 0) is 43.4 Å². The lowest BCUT2D eigenvalue weighted by atomic mass is 9.96. The molecule has 0 aliphatic carbocycles. The molecule has 5 heteroatoms. The number of rotatable bonds is 3. The van der Waals surface area contributed by atoms with Crippen molar-refractivity contribution in [2.24, 2.45) is 11.7 Å². The molecule has 2 amide bonds. The molecule has 3 rings (SSSR count). The minimum atomic E-state index is -0.316. The summed E-state index contributed by atoms with van der Waals surface area (Å²) in [5.41, 5.74) is 8.01. The third-order valence-corrected chi connectivity index (χ3v) is 4.97. The maximum absolute atomic E-state index is 12.9. The maximum atomic E-state index is 12.9. The summed E-state index contributed by atoms with van der Waals surface area (Å²) in [4.78, 5) is 28.0. The number of piperidine rings is 1. The van der Waals surface area contributed by atoms with Gasteiger partial charge in [-0.2, -0.15) is 0 Å². The van der Waals surface area contributed by atoms with E-state index in [2.05, 4.69) is 24.3 Å². The van der Waals surface area contributed by atoms with Gasteiger partial charge in [-0.1, -0.05) is 24.3 Å². The molecule has 1 aromatic carbocycles. The lowest BCUT2D eigenvalue weighted by molar-refractivity contribution is -0.138. The molecular formula is C18H25N3O2. The number of nitrogens with two attached hydrogens (primary N) is 1. The minimum Gasteiger partial charge on any atom is -0.369 e. The Morgan fingerprint density at radius 3 is 2.35 bits per heavy atom. The minimum absolute atomic E-state index is 0.00399. The monoisotopic (exact) mass is 315 g/mol. The van der Waals surface area contributed by atoms with E-state index in [9.17, 15) is 9.59 Å². The first-order chi connectivity index (χ1) is 11.1. The van der Waals surface area contributed by atoms with Gasteiger partial charge in [0.15, 0.2) is 0 Å². The molecule has 2 aliphatic heterocycles. The van der Waals surface area contributed by atoms with Crippen LogP contribution in [0.4, 0.5) is 0 Å². The van der Waals surface area contributed by atoms with Crippen molar-refractivity contribution in [3.05, 3.63) is 35.4 Å². The van der Waals surface area contributed by atoms with Crippen molar-refractivity contribution in [1.29, 1.82) is 0 Å². The van der Waals surface area contributed by atoms with Crippen molar-refractivity contribution in [3.63, 3.8) is 0 Å². The maximum Gasteiger partial charge on any atom is 0.231 e. The molecule has 0 aromatic heterocycles. The van der Waals surface area contributed by atoms with E-state index in [-0.39, 0.29) is 24.3 Å². The van der Waals surface area contributed by atoms with Crippen molar-refractivity contribution in [1.82, 2.24) is 9.80 Å². The first-order valence-corrected chi connectivity index (χ1v) is 8.49.